The number of imidazole rings is 1. The Morgan fingerprint density at radius 3 is 2.62 bits per heavy atom. The minimum Gasteiger partial charge on any atom is -0.382 e. The Balaban J connectivity index is 2.40. The molecule has 0 unspecified atom stereocenters. The number of nitrogens with zero attached hydrogens (tertiary/aromatic N) is 3. The number of hydrogen-bond donors (Lipinski definition) is 1. The molecule has 122 valence electrons. The van der Waals surface area contributed by atoms with E-state index in [4.69, 9.17) is 4.74 Å². The first-order valence-electron chi connectivity index (χ1n) is 8.14. The summed E-state index contributed by atoms with van der Waals surface area (Å²) in [5.74, 6) is 0.957. The molecular formula is C16H32N4O. The molecule has 0 bridgehead atoms. The summed E-state index contributed by atoms with van der Waals surface area (Å²) in [7, 11) is 0. The van der Waals surface area contributed by atoms with Crippen LogP contribution in [-0.4, -0.2) is 52.8 Å². The highest BCUT2D eigenvalue weighted by atomic mass is 16.5. The normalized spacial score (nSPS) is 11.8. The second kappa shape index (κ2) is 9.79. The summed E-state index contributed by atoms with van der Waals surface area (Å²) in [5.41, 5.74) is 0. The molecule has 21 heavy (non-hydrogen) atoms. The third-order valence-electron chi connectivity index (χ3n) is 3.59. The van der Waals surface area contributed by atoms with E-state index in [2.05, 4.69) is 47.5 Å². The summed E-state index contributed by atoms with van der Waals surface area (Å²) in [5, 5.41) is 3.39. The maximum Gasteiger partial charge on any atom is 0.202 e. The lowest BCUT2D eigenvalue weighted by atomic mass is 10.2. The van der Waals surface area contributed by atoms with Gasteiger partial charge < -0.3 is 14.6 Å². The Labute approximate surface area is 129 Å². The van der Waals surface area contributed by atoms with Crippen LogP contribution in [0.5, 0.6) is 0 Å². The minimum absolute atomic E-state index is 0.566. The van der Waals surface area contributed by atoms with Crippen molar-refractivity contribution >= 4 is 5.95 Å². The quantitative estimate of drug-likeness (QED) is 0.638. The Bertz CT molecular complexity index is 368. The van der Waals surface area contributed by atoms with Gasteiger partial charge in [-0.15, -0.1) is 0 Å². The predicted molar refractivity (Wildman–Crippen MR) is 88.8 cm³/mol. The zero-order chi connectivity index (χ0) is 15.7. The molecule has 5 nitrogen and oxygen atoms in total. The van der Waals surface area contributed by atoms with Gasteiger partial charge in [-0.05, 0) is 41.0 Å². The van der Waals surface area contributed by atoms with Crippen LogP contribution in [0.25, 0.3) is 0 Å². The summed E-state index contributed by atoms with van der Waals surface area (Å²) in [4.78, 5) is 6.89. The summed E-state index contributed by atoms with van der Waals surface area (Å²) < 4.78 is 7.53. The maximum absolute atomic E-state index is 5.34. The number of hydrogen-bond acceptors (Lipinski definition) is 4. The molecule has 0 atom stereocenters. The van der Waals surface area contributed by atoms with Crippen molar-refractivity contribution in [3.8, 4) is 0 Å². The Kier molecular flexibility index (Phi) is 8.38. The van der Waals surface area contributed by atoms with Crippen molar-refractivity contribution in [2.24, 2.45) is 0 Å². The first-order valence-corrected chi connectivity index (χ1v) is 8.14. The number of rotatable bonds is 11. The van der Waals surface area contributed by atoms with Gasteiger partial charge in [-0.3, -0.25) is 4.90 Å². The molecular weight excluding hydrogens is 264 g/mol. The van der Waals surface area contributed by atoms with E-state index in [1.165, 1.54) is 0 Å². The van der Waals surface area contributed by atoms with Crippen LogP contribution >= 0.6 is 0 Å². The van der Waals surface area contributed by atoms with Gasteiger partial charge >= 0.3 is 0 Å². The van der Waals surface area contributed by atoms with Crippen LogP contribution in [0.3, 0.4) is 0 Å². The van der Waals surface area contributed by atoms with Gasteiger partial charge in [0.25, 0.3) is 0 Å². The zero-order valence-electron chi connectivity index (χ0n) is 14.3. The van der Waals surface area contributed by atoms with E-state index in [1.807, 2.05) is 19.3 Å². The van der Waals surface area contributed by atoms with Gasteiger partial charge in [0.1, 0.15) is 0 Å². The summed E-state index contributed by atoms with van der Waals surface area (Å²) in [6, 6.07) is 1.13. The molecule has 0 spiro atoms. The number of nitrogens with one attached hydrogen (secondary N) is 1. The first-order chi connectivity index (χ1) is 10.1. The van der Waals surface area contributed by atoms with E-state index >= 15 is 0 Å². The van der Waals surface area contributed by atoms with Gasteiger partial charge in [-0.2, -0.15) is 0 Å². The van der Waals surface area contributed by atoms with Gasteiger partial charge in [0.05, 0.1) is 0 Å². The van der Waals surface area contributed by atoms with E-state index in [0.717, 1.165) is 45.2 Å². The molecule has 0 aliphatic heterocycles. The van der Waals surface area contributed by atoms with Crippen molar-refractivity contribution < 1.29 is 4.74 Å². The van der Waals surface area contributed by atoms with Gasteiger partial charge in [-0.25, -0.2) is 4.98 Å². The highest BCUT2D eigenvalue weighted by Gasteiger charge is 2.13. The SMILES string of the molecule is CCOCCCNc1nccn1CCN(C(C)C)C(C)C. The largest absolute Gasteiger partial charge is 0.382 e. The standard InChI is InChI=1S/C16H32N4O/c1-6-21-13-7-8-17-16-18-9-10-19(16)11-12-20(14(2)3)15(4)5/h9-10,14-15H,6-8,11-13H2,1-5H3,(H,17,18). The molecule has 0 aliphatic carbocycles. The van der Waals surface area contributed by atoms with Gasteiger partial charge in [0, 0.05) is 57.3 Å². The van der Waals surface area contributed by atoms with Crippen molar-refractivity contribution in [2.75, 3.05) is 31.6 Å². The first kappa shape index (κ1) is 18.0. The molecule has 1 rings (SSSR count). The van der Waals surface area contributed by atoms with Crippen molar-refractivity contribution in [1.82, 2.24) is 14.5 Å². The average molecular weight is 296 g/mol. The second-order valence-electron chi connectivity index (χ2n) is 5.85. The van der Waals surface area contributed by atoms with Crippen molar-refractivity contribution in [1.29, 1.82) is 0 Å². The fraction of sp³-hybridized carbons (Fsp3) is 0.812. The molecule has 1 N–H and O–H groups in total. The van der Waals surface area contributed by atoms with Crippen molar-refractivity contribution in [2.45, 2.75) is 59.7 Å². The molecule has 1 aromatic heterocycles. The van der Waals surface area contributed by atoms with E-state index < -0.39 is 0 Å². The molecule has 0 saturated heterocycles. The second-order valence-corrected chi connectivity index (χ2v) is 5.85. The molecule has 1 aromatic rings. The summed E-state index contributed by atoms with van der Waals surface area (Å²) >= 11 is 0. The third kappa shape index (κ3) is 6.48. The van der Waals surface area contributed by atoms with Crippen LogP contribution in [0.2, 0.25) is 0 Å². The number of ether oxygens (including phenoxy) is 1. The molecule has 0 aromatic carbocycles. The number of aromatic nitrogens is 2. The Morgan fingerprint density at radius 2 is 2.00 bits per heavy atom. The molecule has 5 heteroatoms. The molecule has 1 heterocycles. The van der Waals surface area contributed by atoms with Crippen LogP contribution in [0.1, 0.15) is 41.0 Å². The van der Waals surface area contributed by atoms with E-state index in [1.54, 1.807) is 0 Å². The summed E-state index contributed by atoms with van der Waals surface area (Å²) in [6.07, 6.45) is 4.91. The van der Waals surface area contributed by atoms with E-state index in [0.29, 0.717) is 12.1 Å². The van der Waals surface area contributed by atoms with Crippen LogP contribution in [-0.2, 0) is 11.3 Å². The number of anilines is 1. The molecule has 0 fully saturated rings. The highest BCUT2D eigenvalue weighted by Crippen LogP contribution is 2.08. The summed E-state index contributed by atoms with van der Waals surface area (Å²) in [6.45, 7) is 15.5. The monoisotopic (exact) mass is 296 g/mol. The Morgan fingerprint density at radius 1 is 1.29 bits per heavy atom. The molecule has 0 radical (unpaired) electrons. The maximum atomic E-state index is 5.34. The fourth-order valence-electron chi connectivity index (χ4n) is 2.51. The van der Waals surface area contributed by atoms with Crippen LogP contribution < -0.4 is 5.32 Å². The van der Waals surface area contributed by atoms with Crippen LogP contribution in [0.15, 0.2) is 12.4 Å². The lowest BCUT2D eigenvalue weighted by molar-refractivity contribution is 0.147. The van der Waals surface area contributed by atoms with Crippen LogP contribution in [0.4, 0.5) is 5.95 Å². The molecule has 0 saturated carbocycles. The average Bonchev–Trinajstić information content (AvgIpc) is 2.85. The predicted octanol–water partition coefficient (Wildman–Crippen LogP) is 2.84. The van der Waals surface area contributed by atoms with Gasteiger partial charge in [0.15, 0.2) is 0 Å². The van der Waals surface area contributed by atoms with E-state index in [9.17, 15) is 0 Å². The lowest BCUT2D eigenvalue weighted by Gasteiger charge is -2.30. The van der Waals surface area contributed by atoms with Gasteiger partial charge in [-0.1, -0.05) is 0 Å². The smallest absolute Gasteiger partial charge is 0.202 e. The molecule has 0 amide bonds. The van der Waals surface area contributed by atoms with Crippen molar-refractivity contribution in [3.63, 3.8) is 0 Å². The highest BCUT2D eigenvalue weighted by molar-refractivity contribution is 5.25. The zero-order valence-corrected chi connectivity index (χ0v) is 14.3. The van der Waals surface area contributed by atoms with E-state index in [-0.39, 0.29) is 0 Å². The molecule has 0 aliphatic rings. The Hall–Kier alpha value is -1.07. The minimum atomic E-state index is 0.566. The van der Waals surface area contributed by atoms with Crippen LogP contribution in [0, 0.1) is 0 Å². The topological polar surface area (TPSA) is 42.3 Å². The van der Waals surface area contributed by atoms with Gasteiger partial charge in [0.2, 0.25) is 5.95 Å². The fourth-order valence-corrected chi connectivity index (χ4v) is 2.51. The third-order valence-corrected chi connectivity index (χ3v) is 3.59. The lowest BCUT2D eigenvalue weighted by Crippen LogP contribution is -2.39. The van der Waals surface area contributed by atoms with Crippen molar-refractivity contribution in [3.05, 3.63) is 12.4 Å².